The fraction of sp³-hybridized carbons (Fsp3) is 0.769. The molecular weight excluding hydrogens is 212 g/mol. The van der Waals surface area contributed by atoms with Gasteiger partial charge in [0.2, 0.25) is 0 Å². The van der Waals surface area contributed by atoms with Crippen molar-refractivity contribution >= 4 is 0 Å². The van der Waals surface area contributed by atoms with Gasteiger partial charge in [-0.3, -0.25) is 9.58 Å². The number of hydrogen-bond donors (Lipinski definition) is 1. The fourth-order valence-corrected chi connectivity index (χ4v) is 1.81. The molecule has 2 N–H and O–H groups in total. The second kappa shape index (κ2) is 7.45. The van der Waals surface area contributed by atoms with Gasteiger partial charge in [-0.15, -0.1) is 0 Å². The van der Waals surface area contributed by atoms with Crippen molar-refractivity contribution in [1.82, 2.24) is 14.7 Å². The maximum atomic E-state index is 5.64. The third kappa shape index (κ3) is 4.88. The molecule has 4 nitrogen and oxygen atoms in total. The van der Waals surface area contributed by atoms with E-state index in [2.05, 4.69) is 43.0 Å². The molecule has 0 atom stereocenters. The first-order chi connectivity index (χ1) is 8.17. The molecule has 1 aromatic rings. The molecule has 1 aromatic heterocycles. The molecule has 0 radical (unpaired) electrons. The summed E-state index contributed by atoms with van der Waals surface area (Å²) >= 11 is 0. The van der Waals surface area contributed by atoms with Gasteiger partial charge in [-0.1, -0.05) is 13.3 Å². The Kier molecular flexibility index (Phi) is 6.22. The molecule has 0 fully saturated rings. The molecule has 0 aliphatic carbocycles. The van der Waals surface area contributed by atoms with Crippen LogP contribution >= 0.6 is 0 Å². The first kappa shape index (κ1) is 14.2. The van der Waals surface area contributed by atoms with Crippen LogP contribution in [0.1, 0.15) is 45.3 Å². The minimum atomic E-state index is 0.433. The quantitative estimate of drug-likeness (QED) is 0.754. The summed E-state index contributed by atoms with van der Waals surface area (Å²) in [5.74, 6) is 0. The van der Waals surface area contributed by atoms with Crippen LogP contribution in [0.4, 0.5) is 0 Å². The molecule has 1 heterocycles. The Morgan fingerprint density at radius 2 is 2.18 bits per heavy atom. The lowest BCUT2D eigenvalue weighted by atomic mass is 10.3. The van der Waals surface area contributed by atoms with Crippen LogP contribution in [-0.4, -0.2) is 34.3 Å². The van der Waals surface area contributed by atoms with Crippen molar-refractivity contribution in [3.8, 4) is 0 Å². The first-order valence-electron chi connectivity index (χ1n) is 6.63. The summed E-state index contributed by atoms with van der Waals surface area (Å²) in [4.78, 5) is 2.39. The lowest BCUT2D eigenvalue weighted by molar-refractivity contribution is 0.264. The summed E-state index contributed by atoms with van der Waals surface area (Å²) in [5, 5.41) is 4.57. The average Bonchev–Trinajstić information content (AvgIpc) is 2.75. The summed E-state index contributed by atoms with van der Waals surface area (Å²) in [6.07, 6.45) is 4.51. The largest absolute Gasteiger partial charge is 0.329 e. The Balaban J connectivity index is 2.52. The van der Waals surface area contributed by atoms with Gasteiger partial charge in [0.1, 0.15) is 0 Å². The van der Waals surface area contributed by atoms with E-state index in [0.717, 1.165) is 25.3 Å². The van der Waals surface area contributed by atoms with E-state index >= 15 is 0 Å². The lowest BCUT2D eigenvalue weighted by Gasteiger charge is -2.20. The highest BCUT2D eigenvalue weighted by Gasteiger charge is 2.07. The van der Waals surface area contributed by atoms with Crippen molar-refractivity contribution in [2.24, 2.45) is 5.73 Å². The highest BCUT2D eigenvalue weighted by Crippen LogP contribution is 2.07. The van der Waals surface area contributed by atoms with Gasteiger partial charge in [-0.05, 0) is 32.9 Å². The summed E-state index contributed by atoms with van der Waals surface area (Å²) in [7, 11) is 0. The van der Waals surface area contributed by atoms with Gasteiger partial charge in [0.05, 0.1) is 5.69 Å². The van der Waals surface area contributed by atoms with Crippen LogP contribution in [0, 0.1) is 0 Å². The van der Waals surface area contributed by atoms with Crippen LogP contribution in [-0.2, 0) is 6.54 Å². The fourth-order valence-electron chi connectivity index (χ4n) is 1.81. The van der Waals surface area contributed by atoms with Crippen molar-refractivity contribution in [3.63, 3.8) is 0 Å². The molecule has 0 spiro atoms. The smallest absolute Gasteiger partial charge is 0.0764 e. The predicted molar refractivity (Wildman–Crippen MR) is 71.9 cm³/mol. The normalized spacial score (nSPS) is 11.6. The SMILES string of the molecule is CCCCN(CCN)Cc1ccn(C(C)C)n1. The van der Waals surface area contributed by atoms with E-state index in [1.54, 1.807) is 0 Å². The number of rotatable bonds is 8. The van der Waals surface area contributed by atoms with Crippen molar-refractivity contribution in [1.29, 1.82) is 0 Å². The van der Waals surface area contributed by atoms with E-state index in [-0.39, 0.29) is 0 Å². The minimum absolute atomic E-state index is 0.433. The van der Waals surface area contributed by atoms with Gasteiger partial charge in [0.25, 0.3) is 0 Å². The molecule has 0 aliphatic rings. The number of nitrogens with two attached hydrogens (primary N) is 1. The molecule has 1 rings (SSSR count). The van der Waals surface area contributed by atoms with Crippen LogP contribution in [0.3, 0.4) is 0 Å². The second-order valence-electron chi connectivity index (χ2n) is 4.80. The maximum absolute atomic E-state index is 5.64. The van der Waals surface area contributed by atoms with Crippen LogP contribution < -0.4 is 5.73 Å². The van der Waals surface area contributed by atoms with Gasteiger partial charge in [0.15, 0.2) is 0 Å². The van der Waals surface area contributed by atoms with E-state index < -0.39 is 0 Å². The summed E-state index contributed by atoms with van der Waals surface area (Å²) in [6.45, 7) is 10.2. The molecule has 0 saturated heterocycles. The van der Waals surface area contributed by atoms with Gasteiger partial charge in [-0.25, -0.2) is 0 Å². The number of hydrogen-bond acceptors (Lipinski definition) is 3. The zero-order valence-electron chi connectivity index (χ0n) is 11.4. The minimum Gasteiger partial charge on any atom is -0.329 e. The standard InChI is InChI=1S/C13H26N4/c1-4-5-8-16(10-7-14)11-13-6-9-17(15-13)12(2)3/h6,9,12H,4-5,7-8,10-11,14H2,1-3H3. The van der Waals surface area contributed by atoms with E-state index in [1.165, 1.54) is 12.8 Å². The Hall–Kier alpha value is -0.870. The summed E-state index contributed by atoms with van der Waals surface area (Å²) in [6, 6.07) is 2.54. The zero-order valence-corrected chi connectivity index (χ0v) is 11.4. The van der Waals surface area contributed by atoms with Crippen LogP contribution in [0.2, 0.25) is 0 Å². The molecule has 0 unspecified atom stereocenters. The van der Waals surface area contributed by atoms with Crippen LogP contribution in [0.5, 0.6) is 0 Å². The molecule has 4 heteroatoms. The van der Waals surface area contributed by atoms with Crippen molar-refractivity contribution in [3.05, 3.63) is 18.0 Å². The molecule has 98 valence electrons. The highest BCUT2D eigenvalue weighted by atomic mass is 15.3. The third-order valence-corrected chi connectivity index (χ3v) is 2.85. The second-order valence-corrected chi connectivity index (χ2v) is 4.80. The number of unbranched alkanes of at least 4 members (excludes halogenated alkanes) is 1. The van der Waals surface area contributed by atoms with Gasteiger partial charge in [-0.2, -0.15) is 5.10 Å². The Morgan fingerprint density at radius 3 is 2.71 bits per heavy atom. The van der Waals surface area contributed by atoms with Crippen molar-refractivity contribution in [2.75, 3.05) is 19.6 Å². The molecule has 0 aromatic carbocycles. The van der Waals surface area contributed by atoms with E-state index in [0.29, 0.717) is 12.6 Å². The zero-order chi connectivity index (χ0) is 12.7. The topological polar surface area (TPSA) is 47.1 Å². The van der Waals surface area contributed by atoms with E-state index in [4.69, 9.17) is 5.73 Å². The van der Waals surface area contributed by atoms with Gasteiger partial charge >= 0.3 is 0 Å². The molecular formula is C13H26N4. The molecule has 0 aliphatic heterocycles. The monoisotopic (exact) mass is 238 g/mol. The molecule has 0 amide bonds. The van der Waals surface area contributed by atoms with E-state index in [9.17, 15) is 0 Å². The molecule has 0 bridgehead atoms. The van der Waals surface area contributed by atoms with Crippen molar-refractivity contribution < 1.29 is 0 Å². The Labute approximate surface area is 105 Å². The van der Waals surface area contributed by atoms with Crippen LogP contribution in [0.15, 0.2) is 12.3 Å². The van der Waals surface area contributed by atoms with Gasteiger partial charge < -0.3 is 5.73 Å². The third-order valence-electron chi connectivity index (χ3n) is 2.85. The number of aromatic nitrogens is 2. The summed E-state index contributed by atoms with van der Waals surface area (Å²) < 4.78 is 2.01. The maximum Gasteiger partial charge on any atom is 0.0764 e. The Bertz CT molecular complexity index is 306. The Morgan fingerprint density at radius 1 is 1.41 bits per heavy atom. The van der Waals surface area contributed by atoms with Gasteiger partial charge in [0, 0.05) is 31.9 Å². The van der Waals surface area contributed by atoms with Crippen molar-refractivity contribution in [2.45, 2.75) is 46.2 Å². The molecule has 0 saturated carbocycles. The lowest BCUT2D eigenvalue weighted by Crippen LogP contribution is -2.30. The highest BCUT2D eigenvalue weighted by molar-refractivity contribution is 4.99. The molecule has 17 heavy (non-hydrogen) atoms. The van der Waals surface area contributed by atoms with Crippen LogP contribution in [0.25, 0.3) is 0 Å². The van der Waals surface area contributed by atoms with E-state index in [1.807, 2.05) is 4.68 Å². The first-order valence-corrected chi connectivity index (χ1v) is 6.63. The average molecular weight is 238 g/mol. The predicted octanol–water partition coefficient (Wildman–Crippen LogP) is 2.02. The number of nitrogens with zero attached hydrogens (tertiary/aromatic N) is 3. The summed E-state index contributed by atoms with van der Waals surface area (Å²) in [5.41, 5.74) is 6.78.